The summed E-state index contributed by atoms with van der Waals surface area (Å²) in [5.41, 5.74) is 0.437. The number of hydrogen-bond acceptors (Lipinski definition) is 6. The first-order chi connectivity index (χ1) is 13.9. The van der Waals surface area contributed by atoms with Crippen LogP contribution in [0.5, 0.6) is 0 Å². The number of nitrogens with zero attached hydrogens (tertiary/aromatic N) is 5. The molecule has 1 atom stereocenters. The van der Waals surface area contributed by atoms with Crippen molar-refractivity contribution in [2.45, 2.75) is 38.5 Å². The molecule has 1 aromatic heterocycles. The zero-order valence-electron chi connectivity index (χ0n) is 18.2. The number of aliphatic imine (C=N–C) groups is 1. The third-order valence-electron chi connectivity index (χ3n) is 5.56. The quantitative estimate of drug-likeness (QED) is 0.310. The molecule has 0 saturated carbocycles. The second-order valence-electron chi connectivity index (χ2n) is 8.25. The van der Waals surface area contributed by atoms with E-state index in [-0.39, 0.29) is 29.7 Å². The molecule has 0 aliphatic carbocycles. The fourth-order valence-electron chi connectivity index (χ4n) is 4.15. The van der Waals surface area contributed by atoms with Gasteiger partial charge < -0.3 is 14.7 Å². The monoisotopic (exact) mass is 554 g/mol. The van der Waals surface area contributed by atoms with Crippen molar-refractivity contribution in [3.05, 3.63) is 18.0 Å². The number of nitrogens with one attached hydrogen (secondary N) is 1. The summed E-state index contributed by atoms with van der Waals surface area (Å²) in [4.78, 5) is 9.14. The summed E-state index contributed by atoms with van der Waals surface area (Å²) in [6.45, 7) is 9.85. The summed E-state index contributed by atoms with van der Waals surface area (Å²) in [5, 5.41) is 7.23. The Morgan fingerprint density at radius 1 is 1.30 bits per heavy atom. The zero-order chi connectivity index (χ0) is 20.9. The Balaban J connectivity index is 0.00000320. The molecule has 0 bridgehead atoms. The van der Waals surface area contributed by atoms with Gasteiger partial charge in [0.05, 0.1) is 5.69 Å². The van der Waals surface area contributed by atoms with E-state index in [9.17, 15) is 8.42 Å². The molecule has 0 unspecified atom stereocenters. The highest BCUT2D eigenvalue weighted by Gasteiger charge is 2.30. The van der Waals surface area contributed by atoms with Gasteiger partial charge in [0.25, 0.3) is 0 Å². The van der Waals surface area contributed by atoms with Gasteiger partial charge in [-0.15, -0.1) is 24.0 Å². The molecule has 3 rings (SSSR count). The van der Waals surface area contributed by atoms with Gasteiger partial charge in [0.15, 0.2) is 5.96 Å². The average molecular weight is 554 g/mol. The van der Waals surface area contributed by atoms with Gasteiger partial charge in [-0.25, -0.2) is 8.42 Å². The van der Waals surface area contributed by atoms with Crippen molar-refractivity contribution in [3.63, 3.8) is 0 Å². The Hall–Kier alpha value is -0.920. The molecule has 11 heteroatoms. The molecule has 172 valence electrons. The number of halogens is 1. The van der Waals surface area contributed by atoms with E-state index < -0.39 is 10.0 Å². The van der Waals surface area contributed by atoms with Crippen molar-refractivity contribution in [3.8, 4) is 0 Å². The van der Waals surface area contributed by atoms with Crippen LogP contribution in [-0.2, 0) is 15.8 Å². The minimum atomic E-state index is -3.39. The summed E-state index contributed by atoms with van der Waals surface area (Å²) < 4.78 is 31.5. The lowest BCUT2D eigenvalue weighted by Crippen LogP contribution is -2.55. The van der Waals surface area contributed by atoms with Crippen LogP contribution >= 0.6 is 24.0 Å². The number of piperazine rings is 1. The number of aromatic nitrogens is 1. The third-order valence-corrected chi connectivity index (χ3v) is 7.37. The molecule has 0 amide bonds. The predicted octanol–water partition coefficient (Wildman–Crippen LogP) is 1.44. The van der Waals surface area contributed by atoms with Crippen molar-refractivity contribution in [1.82, 2.24) is 24.6 Å². The average Bonchev–Trinajstić information content (AvgIpc) is 3.34. The summed E-state index contributed by atoms with van der Waals surface area (Å²) in [5.74, 6) is 1.40. The molecule has 1 N–H and O–H groups in total. The molecule has 3 heterocycles. The molecular weight excluding hydrogens is 519 g/mol. The Kier molecular flexibility index (Phi) is 9.82. The van der Waals surface area contributed by atoms with Crippen molar-refractivity contribution in [2.24, 2.45) is 10.9 Å². The molecule has 2 aliphatic heterocycles. The Morgan fingerprint density at radius 2 is 2.03 bits per heavy atom. The van der Waals surface area contributed by atoms with E-state index in [4.69, 9.17) is 4.52 Å². The van der Waals surface area contributed by atoms with Gasteiger partial charge in [-0.3, -0.25) is 9.89 Å². The van der Waals surface area contributed by atoms with Crippen molar-refractivity contribution < 1.29 is 12.9 Å². The van der Waals surface area contributed by atoms with E-state index in [2.05, 4.69) is 39.1 Å². The van der Waals surface area contributed by atoms with Gasteiger partial charge >= 0.3 is 0 Å². The first-order valence-electron chi connectivity index (χ1n) is 10.5. The molecule has 2 aliphatic rings. The lowest BCUT2D eigenvalue weighted by molar-refractivity contribution is 0.222. The maximum atomic E-state index is 12.6. The highest BCUT2D eigenvalue weighted by molar-refractivity contribution is 14.0. The normalized spacial score (nSPS) is 21.8. The number of hydrogen-bond donors (Lipinski definition) is 1. The molecule has 0 radical (unpaired) electrons. The largest absolute Gasteiger partial charge is 0.364 e. The first kappa shape index (κ1) is 25.3. The second-order valence-corrected chi connectivity index (χ2v) is 10.2. The maximum absolute atomic E-state index is 12.6. The van der Waals surface area contributed by atoms with E-state index >= 15 is 0 Å². The lowest BCUT2D eigenvalue weighted by Gasteiger charge is -2.36. The second kappa shape index (κ2) is 11.6. The van der Waals surface area contributed by atoms with E-state index in [0.29, 0.717) is 43.8 Å². The fourth-order valence-corrected chi connectivity index (χ4v) is 5.57. The molecule has 0 spiro atoms. The van der Waals surface area contributed by atoms with Crippen LogP contribution in [0.25, 0.3) is 0 Å². The molecular formula is C19H35IN6O3S. The Morgan fingerprint density at radius 3 is 2.63 bits per heavy atom. The van der Waals surface area contributed by atoms with Crippen molar-refractivity contribution >= 4 is 40.0 Å². The summed E-state index contributed by atoms with van der Waals surface area (Å²) in [6, 6.07) is 2.13. The SMILES string of the molecule is CN=C(NC[C@H]1CCCN1CC(C)C)N1CCN(S(=O)(=O)Cc2ccon2)CC1.I. The Labute approximate surface area is 197 Å². The first-order valence-corrected chi connectivity index (χ1v) is 12.1. The number of likely N-dealkylation sites (tertiary alicyclic amines) is 1. The predicted molar refractivity (Wildman–Crippen MR) is 128 cm³/mol. The van der Waals surface area contributed by atoms with Crippen LogP contribution in [0.2, 0.25) is 0 Å². The highest BCUT2D eigenvalue weighted by Crippen LogP contribution is 2.18. The maximum Gasteiger partial charge on any atom is 0.220 e. The van der Waals surface area contributed by atoms with E-state index in [0.717, 1.165) is 19.0 Å². The molecule has 2 fully saturated rings. The fraction of sp³-hybridized carbons (Fsp3) is 0.789. The smallest absolute Gasteiger partial charge is 0.220 e. The van der Waals surface area contributed by atoms with Crippen LogP contribution in [0.3, 0.4) is 0 Å². The van der Waals surface area contributed by atoms with E-state index in [1.54, 1.807) is 13.1 Å². The molecule has 9 nitrogen and oxygen atoms in total. The summed E-state index contributed by atoms with van der Waals surface area (Å²) in [7, 11) is -1.60. The zero-order valence-corrected chi connectivity index (χ0v) is 21.3. The minimum absolute atomic E-state index is 0. The van der Waals surface area contributed by atoms with Crippen LogP contribution < -0.4 is 5.32 Å². The molecule has 30 heavy (non-hydrogen) atoms. The van der Waals surface area contributed by atoms with Gasteiger partial charge in [-0.05, 0) is 25.3 Å². The van der Waals surface area contributed by atoms with Gasteiger partial charge in [0.1, 0.15) is 12.0 Å². The van der Waals surface area contributed by atoms with Crippen LogP contribution in [0.15, 0.2) is 21.8 Å². The topological polar surface area (TPSA) is 94.3 Å². The lowest BCUT2D eigenvalue weighted by atomic mass is 10.1. The Bertz CT molecular complexity index is 763. The van der Waals surface area contributed by atoms with Gasteiger partial charge in [0, 0.05) is 58.4 Å². The van der Waals surface area contributed by atoms with Gasteiger partial charge in [-0.2, -0.15) is 4.31 Å². The van der Waals surface area contributed by atoms with Gasteiger partial charge in [0.2, 0.25) is 10.0 Å². The summed E-state index contributed by atoms with van der Waals surface area (Å²) >= 11 is 0. The van der Waals surface area contributed by atoms with Gasteiger partial charge in [-0.1, -0.05) is 19.0 Å². The number of rotatable bonds is 7. The van der Waals surface area contributed by atoms with Crippen LogP contribution in [0.4, 0.5) is 0 Å². The van der Waals surface area contributed by atoms with E-state index in [1.807, 2.05) is 0 Å². The number of sulfonamides is 1. The summed E-state index contributed by atoms with van der Waals surface area (Å²) in [6.07, 6.45) is 3.86. The van der Waals surface area contributed by atoms with Crippen molar-refractivity contribution in [2.75, 3.05) is 52.9 Å². The molecule has 0 aromatic carbocycles. The standard InChI is InChI=1S/C19H34N6O3S.HI/c1-16(2)14-24-7-4-5-18(24)13-21-19(20-3)23-8-10-25(11-9-23)29(26,27)15-17-6-12-28-22-17;/h6,12,16,18H,4-5,7-11,13-15H2,1-3H3,(H,20,21);1H/t18-;/m1./s1. The van der Waals surface area contributed by atoms with Crippen LogP contribution in [0.1, 0.15) is 32.4 Å². The highest BCUT2D eigenvalue weighted by atomic mass is 127. The molecule has 1 aromatic rings. The van der Waals surface area contributed by atoms with Crippen LogP contribution in [0, 0.1) is 5.92 Å². The van der Waals surface area contributed by atoms with Crippen molar-refractivity contribution in [1.29, 1.82) is 0 Å². The molecule has 2 saturated heterocycles. The number of guanidine groups is 1. The van der Waals surface area contributed by atoms with E-state index in [1.165, 1.54) is 30.0 Å². The minimum Gasteiger partial charge on any atom is -0.364 e. The third kappa shape index (κ3) is 6.79. The van der Waals surface area contributed by atoms with Crippen LogP contribution in [-0.4, -0.2) is 92.5 Å².